The normalized spacial score (nSPS) is 19.1. The molecule has 3 nitrogen and oxygen atoms in total. The maximum atomic E-state index is 6.28. The molecule has 1 fully saturated rings. The Hall–Kier alpha value is -0.320. The molecule has 0 saturated carbocycles. The van der Waals surface area contributed by atoms with Crippen LogP contribution in [0.5, 0.6) is 0 Å². The maximum absolute atomic E-state index is 6.28. The number of rotatable bonds is 5. The van der Waals surface area contributed by atoms with Crippen molar-refractivity contribution in [3.63, 3.8) is 0 Å². The van der Waals surface area contributed by atoms with Crippen LogP contribution >= 0.6 is 23.2 Å². The first-order valence-corrected chi connectivity index (χ1v) is 8.40. The molecule has 0 bridgehead atoms. The molecule has 0 aromatic heterocycles. The lowest BCUT2D eigenvalue weighted by Crippen LogP contribution is -2.49. The first-order valence-electron chi connectivity index (χ1n) is 7.65. The van der Waals surface area contributed by atoms with E-state index in [-0.39, 0.29) is 6.04 Å². The molecule has 1 aromatic rings. The van der Waals surface area contributed by atoms with Gasteiger partial charge in [-0.05, 0) is 31.9 Å². The van der Waals surface area contributed by atoms with Gasteiger partial charge in [0.05, 0.1) is 10.0 Å². The largest absolute Gasteiger partial charge is 0.324 e. The molecule has 1 heterocycles. The minimum absolute atomic E-state index is 0.0562. The van der Waals surface area contributed by atoms with Crippen LogP contribution in [0, 0.1) is 0 Å². The van der Waals surface area contributed by atoms with Crippen LogP contribution in [0.4, 0.5) is 0 Å². The molecule has 0 amide bonds. The molecule has 1 aliphatic heterocycles. The highest BCUT2D eigenvalue weighted by molar-refractivity contribution is 6.42. The van der Waals surface area contributed by atoms with Crippen LogP contribution in [-0.2, 0) is 0 Å². The molecule has 5 heteroatoms. The van der Waals surface area contributed by atoms with Crippen LogP contribution in [0.2, 0.25) is 10.0 Å². The molecule has 0 radical (unpaired) electrons. The molecule has 1 unspecified atom stereocenters. The number of piperazine rings is 1. The van der Waals surface area contributed by atoms with Gasteiger partial charge in [0.25, 0.3) is 0 Å². The predicted molar refractivity (Wildman–Crippen MR) is 91.2 cm³/mol. The molecule has 2 N–H and O–H groups in total. The van der Waals surface area contributed by atoms with E-state index < -0.39 is 0 Å². The molecule has 1 aromatic carbocycles. The van der Waals surface area contributed by atoms with E-state index in [1.54, 1.807) is 6.07 Å². The Morgan fingerprint density at radius 2 is 1.81 bits per heavy atom. The molecular formula is C16H25Cl2N3. The zero-order valence-electron chi connectivity index (χ0n) is 12.9. The van der Waals surface area contributed by atoms with Crippen molar-refractivity contribution in [1.29, 1.82) is 0 Å². The highest BCUT2D eigenvalue weighted by Crippen LogP contribution is 2.30. The average molecular weight is 330 g/mol. The SMILES string of the molecule is CC(C)N1CCN(CCC(N)c2cccc(Cl)c2Cl)CC1. The minimum atomic E-state index is -0.0562. The fourth-order valence-corrected chi connectivity index (χ4v) is 3.24. The van der Waals surface area contributed by atoms with Crippen molar-refractivity contribution in [2.24, 2.45) is 5.73 Å². The van der Waals surface area contributed by atoms with E-state index >= 15 is 0 Å². The summed E-state index contributed by atoms with van der Waals surface area (Å²) in [5.74, 6) is 0. The van der Waals surface area contributed by atoms with Crippen LogP contribution in [0.15, 0.2) is 18.2 Å². The van der Waals surface area contributed by atoms with E-state index in [1.165, 1.54) is 0 Å². The summed E-state index contributed by atoms with van der Waals surface area (Å²) < 4.78 is 0. The van der Waals surface area contributed by atoms with Gasteiger partial charge in [0.2, 0.25) is 0 Å². The summed E-state index contributed by atoms with van der Waals surface area (Å²) in [6, 6.07) is 6.25. The zero-order valence-corrected chi connectivity index (χ0v) is 14.4. The van der Waals surface area contributed by atoms with E-state index in [1.807, 2.05) is 12.1 Å². The summed E-state index contributed by atoms with van der Waals surface area (Å²) in [6.07, 6.45) is 0.905. The fourth-order valence-electron chi connectivity index (χ4n) is 2.79. The second-order valence-corrected chi connectivity index (χ2v) is 6.79. The highest BCUT2D eigenvalue weighted by atomic mass is 35.5. The quantitative estimate of drug-likeness (QED) is 0.898. The molecule has 1 saturated heterocycles. The van der Waals surface area contributed by atoms with Crippen molar-refractivity contribution in [2.75, 3.05) is 32.7 Å². The molecule has 1 aliphatic rings. The van der Waals surface area contributed by atoms with Crippen LogP contribution in [0.1, 0.15) is 31.9 Å². The molecule has 21 heavy (non-hydrogen) atoms. The number of nitrogens with two attached hydrogens (primary N) is 1. The van der Waals surface area contributed by atoms with Gasteiger partial charge >= 0.3 is 0 Å². The standard InChI is InChI=1S/C16H25Cl2N3/c1-12(2)21-10-8-20(9-11-21)7-6-15(19)13-4-3-5-14(17)16(13)18/h3-5,12,15H,6-11,19H2,1-2H3. The topological polar surface area (TPSA) is 32.5 Å². The second kappa shape index (κ2) is 7.80. The van der Waals surface area contributed by atoms with Gasteiger partial charge in [-0.15, -0.1) is 0 Å². The molecule has 2 rings (SSSR count). The monoisotopic (exact) mass is 329 g/mol. The lowest BCUT2D eigenvalue weighted by Gasteiger charge is -2.37. The average Bonchev–Trinajstić information content (AvgIpc) is 2.48. The van der Waals surface area contributed by atoms with Crippen molar-refractivity contribution >= 4 is 23.2 Å². The Kier molecular flexibility index (Phi) is 6.33. The maximum Gasteiger partial charge on any atom is 0.0640 e. The van der Waals surface area contributed by atoms with Crippen molar-refractivity contribution in [1.82, 2.24) is 9.80 Å². The summed E-state index contributed by atoms with van der Waals surface area (Å²) in [7, 11) is 0. The van der Waals surface area contributed by atoms with Crippen molar-refractivity contribution in [3.8, 4) is 0 Å². The number of hydrogen-bond acceptors (Lipinski definition) is 3. The Bertz CT molecular complexity index is 457. The third-order valence-corrected chi connectivity index (χ3v) is 5.11. The first kappa shape index (κ1) is 17.0. The Balaban J connectivity index is 1.82. The summed E-state index contributed by atoms with van der Waals surface area (Å²) in [6.45, 7) is 10.0. The van der Waals surface area contributed by atoms with E-state index in [2.05, 4.69) is 23.6 Å². The Labute approximate surface area is 138 Å². The van der Waals surface area contributed by atoms with Gasteiger partial charge in [-0.2, -0.15) is 0 Å². The number of hydrogen-bond donors (Lipinski definition) is 1. The Morgan fingerprint density at radius 3 is 2.43 bits per heavy atom. The third kappa shape index (κ3) is 4.57. The number of benzene rings is 1. The van der Waals surface area contributed by atoms with Crippen LogP contribution < -0.4 is 5.73 Å². The summed E-state index contributed by atoms with van der Waals surface area (Å²) in [5, 5.41) is 1.17. The van der Waals surface area contributed by atoms with Gasteiger partial charge in [0, 0.05) is 44.8 Å². The van der Waals surface area contributed by atoms with Crippen LogP contribution in [0.25, 0.3) is 0 Å². The van der Waals surface area contributed by atoms with Crippen molar-refractivity contribution in [3.05, 3.63) is 33.8 Å². The van der Waals surface area contributed by atoms with Gasteiger partial charge in [-0.25, -0.2) is 0 Å². The smallest absolute Gasteiger partial charge is 0.0640 e. The fraction of sp³-hybridized carbons (Fsp3) is 0.625. The minimum Gasteiger partial charge on any atom is -0.324 e. The third-order valence-electron chi connectivity index (χ3n) is 4.27. The molecule has 0 spiro atoms. The first-order chi connectivity index (χ1) is 9.99. The van der Waals surface area contributed by atoms with Gasteiger partial charge in [-0.3, -0.25) is 4.90 Å². The second-order valence-electron chi connectivity index (χ2n) is 6.01. The lowest BCUT2D eigenvalue weighted by molar-refractivity contribution is 0.106. The summed E-state index contributed by atoms with van der Waals surface area (Å²) >= 11 is 12.3. The molecule has 1 atom stereocenters. The van der Waals surface area contributed by atoms with Crippen LogP contribution in [0.3, 0.4) is 0 Å². The van der Waals surface area contributed by atoms with E-state index in [4.69, 9.17) is 28.9 Å². The number of nitrogens with zero attached hydrogens (tertiary/aromatic N) is 2. The van der Waals surface area contributed by atoms with E-state index in [9.17, 15) is 0 Å². The molecule has 118 valence electrons. The molecular weight excluding hydrogens is 305 g/mol. The summed E-state index contributed by atoms with van der Waals surface area (Å²) in [4.78, 5) is 5.00. The van der Waals surface area contributed by atoms with E-state index in [0.717, 1.165) is 44.7 Å². The highest BCUT2D eigenvalue weighted by Gasteiger charge is 2.20. The van der Waals surface area contributed by atoms with Gasteiger partial charge in [-0.1, -0.05) is 35.3 Å². The number of halogens is 2. The van der Waals surface area contributed by atoms with E-state index in [0.29, 0.717) is 16.1 Å². The van der Waals surface area contributed by atoms with Gasteiger partial charge in [0.15, 0.2) is 0 Å². The predicted octanol–water partition coefficient (Wildman–Crippen LogP) is 3.41. The molecule has 0 aliphatic carbocycles. The van der Waals surface area contributed by atoms with Gasteiger partial charge < -0.3 is 10.6 Å². The van der Waals surface area contributed by atoms with Crippen molar-refractivity contribution < 1.29 is 0 Å². The van der Waals surface area contributed by atoms with Crippen molar-refractivity contribution in [2.45, 2.75) is 32.4 Å². The Morgan fingerprint density at radius 1 is 1.14 bits per heavy atom. The lowest BCUT2D eigenvalue weighted by atomic mass is 10.0. The van der Waals surface area contributed by atoms with Crippen LogP contribution in [-0.4, -0.2) is 48.6 Å². The summed E-state index contributed by atoms with van der Waals surface area (Å²) in [5.41, 5.74) is 7.23. The zero-order chi connectivity index (χ0) is 15.4. The van der Waals surface area contributed by atoms with Gasteiger partial charge in [0.1, 0.15) is 0 Å².